The molecule has 120 valence electrons. The molecule has 3 N–H and O–H groups in total. The van der Waals surface area contributed by atoms with Gasteiger partial charge in [-0.15, -0.1) is 0 Å². The number of rotatable bonds is 12. The van der Waals surface area contributed by atoms with Crippen molar-refractivity contribution in [3.63, 3.8) is 0 Å². The zero-order valence-corrected chi connectivity index (χ0v) is 13.3. The second-order valence-corrected chi connectivity index (χ2v) is 7.09. The Labute approximate surface area is 127 Å². The highest BCUT2D eigenvalue weighted by molar-refractivity contribution is 7.91. The first kappa shape index (κ1) is 17.8. The molecule has 6 nitrogen and oxygen atoms in total. The molecule has 0 saturated carbocycles. The predicted molar refractivity (Wildman–Crippen MR) is 83.6 cm³/mol. The summed E-state index contributed by atoms with van der Waals surface area (Å²) in [4.78, 5) is 3.69. The average molecular weight is 314 g/mol. The summed E-state index contributed by atoms with van der Waals surface area (Å²) in [5, 5.41) is 5.94. The number of nitrogens with two attached hydrogens (primary N) is 1. The number of unbranched alkanes of at least 4 members (excludes halogenated alkanes) is 6. The van der Waals surface area contributed by atoms with Gasteiger partial charge in [-0.3, -0.25) is 5.10 Å². The largest absolute Gasteiger partial charge is 0.330 e. The summed E-state index contributed by atoms with van der Waals surface area (Å²) < 4.78 is 23.6. The number of nitrogens with one attached hydrogen (secondary N) is 1. The number of aromatic amines is 1. The third-order valence-electron chi connectivity index (χ3n) is 3.21. The minimum Gasteiger partial charge on any atom is -0.330 e. The van der Waals surface area contributed by atoms with Crippen LogP contribution >= 0.6 is 0 Å². The lowest BCUT2D eigenvalue weighted by atomic mass is 10.1. The zero-order valence-electron chi connectivity index (χ0n) is 12.5. The van der Waals surface area contributed by atoms with Crippen LogP contribution in [0.3, 0.4) is 0 Å². The SMILES string of the molecule is NCCCC/C=C\CCCCCCS(=O)(=O)c1ncn[nH]1. The highest BCUT2D eigenvalue weighted by atomic mass is 32.2. The van der Waals surface area contributed by atoms with Gasteiger partial charge < -0.3 is 5.73 Å². The zero-order chi connectivity index (χ0) is 15.4. The number of nitrogens with zero attached hydrogens (tertiary/aromatic N) is 2. The number of hydrogen-bond acceptors (Lipinski definition) is 5. The number of sulfone groups is 1. The molecule has 0 amide bonds. The first-order valence-electron chi connectivity index (χ1n) is 7.60. The van der Waals surface area contributed by atoms with E-state index in [1.165, 1.54) is 6.33 Å². The molecular weight excluding hydrogens is 288 g/mol. The molecule has 0 radical (unpaired) electrons. The van der Waals surface area contributed by atoms with Gasteiger partial charge in [-0.05, 0) is 45.1 Å². The molecule has 0 unspecified atom stereocenters. The molecule has 0 aliphatic rings. The Bertz CT molecular complexity index is 483. The third kappa shape index (κ3) is 7.96. The highest BCUT2D eigenvalue weighted by Gasteiger charge is 2.16. The van der Waals surface area contributed by atoms with E-state index in [1.54, 1.807) is 0 Å². The first-order chi connectivity index (χ1) is 10.2. The Morgan fingerprint density at radius 2 is 1.71 bits per heavy atom. The number of aromatic nitrogens is 3. The highest BCUT2D eigenvalue weighted by Crippen LogP contribution is 2.09. The summed E-state index contributed by atoms with van der Waals surface area (Å²) >= 11 is 0. The van der Waals surface area contributed by atoms with E-state index in [4.69, 9.17) is 5.73 Å². The van der Waals surface area contributed by atoms with Crippen molar-refractivity contribution >= 4 is 9.84 Å². The van der Waals surface area contributed by atoms with Gasteiger partial charge in [0.05, 0.1) is 5.75 Å². The Balaban J connectivity index is 2.00. The Morgan fingerprint density at radius 1 is 1.05 bits per heavy atom. The normalized spacial score (nSPS) is 12.2. The Kier molecular flexibility index (Phi) is 8.93. The fourth-order valence-corrected chi connectivity index (χ4v) is 3.17. The molecule has 0 atom stereocenters. The van der Waals surface area contributed by atoms with Gasteiger partial charge in [-0.2, -0.15) is 5.10 Å². The van der Waals surface area contributed by atoms with Crippen molar-refractivity contribution in [2.75, 3.05) is 12.3 Å². The topological polar surface area (TPSA) is 102 Å². The molecule has 1 heterocycles. The van der Waals surface area contributed by atoms with Crippen molar-refractivity contribution in [2.24, 2.45) is 5.73 Å². The molecular formula is C14H26N4O2S. The van der Waals surface area contributed by atoms with Crippen LogP contribution in [0.1, 0.15) is 51.4 Å². The summed E-state index contributed by atoms with van der Waals surface area (Å²) in [6.07, 6.45) is 13.8. The molecule has 0 bridgehead atoms. The lowest BCUT2D eigenvalue weighted by Gasteiger charge is -2.00. The van der Waals surface area contributed by atoms with Gasteiger partial charge in [0.15, 0.2) is 0 Å². The quantitative estimate of drug-likeness (QED) is 0.455. The number of H-pyrrole nitrogens is 1. The fraction of sp³-hybridized carbons (Fsp3) is 0.714. The van der Waals surface area contributed by atoms with E-state index < -0.39 is 9.84 Å². The standard InChI is InChI=1S/C14H26N4O2S/c15-11-9-7-5-3-1-2-4-6-8-10-12-21(19,20)14-16-13-17-18-14/h1,3,13H,2,4-12,15H2,(H,16,17,18)/b3-1-. The van der Waals surface area contributed by atoms with Crippen molar-refractivity contribution in [3.8, 4) is 0 Å². The van der Waals surface area contributed by atoms with Gasteiger partial charge in [-0.25, -0.2) is 13.4 Å². The van der Waals surface area contributed by atoms with Crippen LogP contribution in [0, 0.1) is 0 Å². The van der Waals surface area contributed by atoms with Gasteiger partial charge in [0.2, 0.25) is 15.0 Å². The van der Waals surface area contributed by atoms with E-state index in [0.29, 0.717) is 6.42 Å². The van der Waals surface area contributed by atoms with E-state index in [2.05, 4.69) is 27.3 Å². The molecule has 0 spiro atoms. The Hall–Kier alpha value is -1.21. The Morgan fingerprint density at radius 3 is 2.33 bits per heavy atom. The summed E-state index contributed by atoms with van der Waals surface area (Å²) in [5.41, 5.74) is 5.42. The van der Waals surface area contributed by atoms with Crippen LogP contribution < -0.4 is 5.73 Å². The maximum Gasteiger partial charge on any atom is 0.242 e. The van der Waals surface area contributed by atoms with E-state index >= 15 is 0 Å². The summed E-state index contributed by atoms with van der Waals surface area (Å²) in [6, 6.07) is 0. The van der Waals surface area contributed by atoms with Crippen LogP contribution in [-0.4, -0.2) is 35.9 Å². The van der Waals surface area contributed by atoms with E-state index in [-0.39, 0.29) is 10.9 Å². The minimum atomic E-state index is -3.28. The summed E-state index contributed by atoms with van der Waals surface area (Å²) in [5.74, 6) is 0.136. The molecule has 7 heteroatoms. The van der Waals surface area contributed by atoms with Crippen LogP contribution in [-0.2, 0) is 9.84 Å². The first-order valence-corrected chi connectivity index (χ1v) is 9.25. The second-order valence-electron chi connectivity index (χ2n) is 5.07. The van der Waals surface area contributed by atoms with Crippen molar-refractivity contribution in [3.05, 3.63) is 18.5 Å². The molecule has 21 heavy (non-hydrogen) atoms. The van der Waals surface area contributed by atoms with Crippen molar-refractivity contribution < 1.29 is 8.42 Å². The number of hydrogen-bond donors (Lipinski definition) is 2. The maximum absolute atomic E-state index is 11.8. The lowest BCUT2D eigenvalue weighted by molar-refractivity contribution is 0.580. The van der Waals surface area contributed by atoms with E-state index in [9.17, 15) is 8.42 Å². The van der Waals surface area contributed by atoms with Crippen molar-refractivity contribution in [2.45, 2.75) is 56.5 Å². The van der Waals surface area contributed by atoms with E-state index in [1.807, 2.05) is 0 Å². The molecule has 0 fully saturated rings. The second kappa shape index (κ2) is 10.5. The van der Waals surface area contributed by atoms with Crippen molar-refractivity contribution in [1.29, 1.82) is 0 Å². The molecule has 0 aliphatic carbocycles. The van der Waals surface area contributed by atoms with Crippen molar-refractivity contribution in [1.82, 2.24) is 15.2 Å². The molecule has 0 saturated heterocycles. The molecule has 1 aromatic heterocycles. The fourth-order valence-electron chi connectivity index (χ4n) is 1.99. The smallest absolute Gasteiger partial charge is 0.242 e. The molecule has 0 aromatic carbocycles. The van der Waals surface area contributed by atoms with Crippen LogP contribution in [0.2, 0.25) is 0 Å². The molecule has 0 aliphatic heterocycles. The van der Waals surface area contributed by atoms with E-state index in [0.717, 1.165) is 51.5 Å². The predicted octanol–water partition coefficient (Wildman–Crippen LogP) is 2.21. The average Bonchev–Trinajstić information content (AvgIpc) is 3.00. The summed E-state index contributed by atoms with van der Waals surface area (Å²) in [6.45, 7) is 0.769. The maximum atomic E-state index is 11.8. The van der Waals surface area contributed by atoms with Gasteiger partial charge in [0.1, 0.15) is 6.33 Å². The molecule has 1 rings (SSSR count). The van der Waals surface area contributed by atoms with Crippen LogP contribution in [0.25, 0.3) is 0 Å². The number of allylic oxidation sites excluding steroid dienone is 2. The van der Waals surface area contributed by atoms with Crippen LogP contribution in [0.15, 0.2) is 23.6 Å². The monoisotopic (exact) mass is 314 g/mol. The summed E-state index contributed by atoms with van der Waals surface area (Å²) in [7, 11) is -3.28. The van der Waals surface area contributed by atoms with Gasteiger partial charge in [0.25, 0.3) is 0 Å². The minimum absolute atomic E-state index is 0.0251. The van der Waals surface area contributed by atoms with Crippen LogP contribution in [0.5, 0.6) is 0 Å². The molecule has 1 aromatic rings. The van der Waals surface area contributed by atoms with Gasteiger partial charge in [0, 0.05) is 0 Å². The van der Waals surface area contributed by atoms with Gasteiger partial charge >= 0.3 is 0 Å². The lowest BCUT2D eigenvalue weighted by Crippen LogP contribution is -2.08. The van der Waals surface area contributed by atoms with Crippen LogP contribution in [0.4, 0.5) is 0 Å². The third-order valence-corrected chi connectivity index (χ3v) is 4.82. The van der Waals surface area contributed by atoms with Gasteiger partial charge in [-0.1, -0.05) is 25.0 Å².